The maximum atomic E-state index is 7.70. The van der Waals surface area contributed by atoms with Gasteiger partial charge in [0.1, 0.15) is 5.75 Å². The van der Waals surface area contributed by atoms with Gasteiger partial charge in [-0.25, -0.2) is 0 Å². The summed E-state index contributed by atoms with van der Waals surface area (Å²) >= 11 is 0. The summed E-state index contributed by atoms with van der Waals surface area (Å²) in [4.78, 5) is 0. The van der Waals surface area contributed by atoms with Crippen molar-refractivity contribution >= 4 is 5.70 Å². The second kappa shape index (κ2) is 5.19. The second-order valence-electron chi connectivity index (χ2n) is 3.18. The molecule has 0 aromatic heterocycles. The smallest absolute Gasteiger partial charge is 0.119 e. The molecule has 1 aromatic carbocycles. The Morgan fingerprint density at radius 2 is 2.14 bits per heavy atom. The number of hydrogen-bond donors (Lipinski definition) is 0. The zero-order chi connectivity index (χ0) is 9.26. The van der Waals surface area contributed by atoms with Crippen LogP contribution in [0.25, 0.3) is 11.4 Å². The third-order valence-electron chi connectivity index (χ3n) is 2.36. The number of hydrogen-bond acceptors (Lipinski definition) is 1. The van der Waals surface area contributed by atoms with Crippen molar-refractivity contribution in [3.05, 3.63) is 41.1 Å². The number of rotatable bonds is 1. The average Bonchev–Trinajstić information content (AvgIpc) is 2.18. The van der Waals surface area contributed by atoms with Crippen molar-refractivity contribution in [3.8, 4) is 5.75 Å². The van der Waals surface area contributed by atoms with Crippen molar-refractivity contribution in [3.63, 3.8) is 0 Å². The van der Waals surface area contributed by atoms with E-state index >= 15 is 0 Å². The minimum atomic E-state index is 0. The van der Waals surface area contributed by atoms with Gasteiger partial charge in [-0.1, -0.05) is 12.1 Å². The van der Waals surface area contributed by atoms with E-state index in [-0.39, 0.29) is 44.1 Å². The molecule has 1 radical (unpaired) electrons. The van der Waals surface area contributed by atoms with E-state index in [1.807, 2.05) is 24.3 Å². The van der Waals surface area contributed by atoms with E-state index < -0.39 is 0 Å². The monoisotopic (exact) mass is 401 g/mol. The molecule has 0 bridgehead atoms. The molecule has 1 N–H and O–H groups in total. The molecule has 0 fully saturated rings. The van der Waals surface area contributed by atoms with E-state index in [9.17, 15) is 0 Å². The zero-order valence-corrected chi connectivity index (χ0v) is 13.0. The number of allylic oxidation sites excluding steroid dienone is 1. The first-order valence-corrected chi connectivity index (χ1v) is 4.40. The van der Waals surface area contributed by atoms with Gasteiger partial charge in [-0.15, -0.1) is 5.70 Å². The molecule has 0 heterocycles. The van der Waals surface area contributed by atoms with E-state index in [0.717, 1.165) is 24.2 Å². The Kier molecular flexibility index (Phi) is 4.47. The van der Waals surface area contributed by atoms with Gasteiger partial charge in [0.15, 0.2) is 0 Å². The van der Waals surface area contributed by atoms with Crippen LogP contribution in [-0.2, 0) is 6.42 Å². The minimum absolute atomic E-state index is 0. The molecular weight excluding hydrogens is 389 g/mol. The van der Waals surface area contributed by atoms with Crippen LogP contribution in [0.2, 0.25) is 0 Å². The van der Waals surface area contributed by atoms with Gasteiger partial charge in [0.2, 0.25) is 0 Å². The van der Waals surface area contributed by atoms with Crippen LogP contribution in [0.4, 0.5) is 0 Å². The predicted octanol–water partition coefficient (Wildman–Crippen LogP) is 3.03. The van der Waals surface area contributed by atoms with E-state index in [1.54, 1.807) is 7.11 Å². The second-order valence-corrected chi connectivity index (χ2v) is 3.18. The van der Waals surface area contributed by atoms with Crippen LogP contribution in [0, 0.1) is 44.1 Å². The molecule has 0 spiro atoms. The summed E-state index contributed by atoms with van der Waals surface area (Å²) in [6.07, 6.45) is 3.96. The molecule has 1 aliphatic rings. The fourth-order valence-corrected chi connectivity index (χ4v) is 1.65. The van der Waals surface area contributed by atoms with Gasteiger partial charge in [0, 0.05) is 44.1 Å². The van der Waals surface area contributed by atoms with Crippen LogP contribution in [0.5, 0.6) is 5.75 Å². The summed E-state index contributed by atoms with van der Waals surface area (Å²) < 4.78 is 5.13. The third-order valence-corrected chi connectivity index (χ3v) is 2.36. The fraction of sp³-hybridized carbons (Fsp3) is 0.273. The largest absolute Gasteiger partial charge is 0.698 e. The standard InChI is InChI=1S/C11H12NO.Ac/c1-13-9-5-6-10-8(7-9)3-2-4-11(10)12;/h4-7,12H,2-3H2,1H3;/q-1;. The van der Waals surface area contributed by atoms with Crippen molar-refractivity contribution in [2.45, 2.75) is 12.8 Å². The van der Waals surface area contributed by atoms with Crippen LogP contribution in [-0.4, -0.2) is 7.11 Å². The SMILES string of the molecule is COc1ccc2c(c1)CCC=C2[NH-].[Ac]. The molecule has 14 heavy (non-hydrogen) atoms. The van der Waals surface area contributed by atoms with E-state index in [1.165, 1.54) is 5.56 Å². The molecule has 71 valence electrons. The summed E-state index contributed by atoms with van der Waals surface area (Å²) in [6.45, 7) is 0. The molecule has 2 rings (SSSR count). The molecule has 0 unspecified atom stereocenters. The van der Waals surface area contributed by atoms with Crippen molar-refractivity contribution in [1.82, 2.24) is 0 Å². The summed E-state index contributed by atoms with van der Waals surface area (Å²) in [5.41, 5.74) is 10.6. The molecule has 0 aliphatic heterocycles. The fourth-order valence-electron chi connectivity index (χ4n) is 1.65. The third kappa shape index (κ3) is 2.32. The summed E-state index contributed by atoms with van der Waals surface area (Å²) in [7, 11) is 1.67. The molecule has 1 aliphatic carbocycles. The van der Waals surface area contributed by atoms with Crippen molar-refractivity contribution in [2.75, 3.05) is 7.11 Å². The van der Waals surface area contributed by atoms with Crippen LogP contribution in [0.15, 0.2) is 24.3 Å². The molecule has 0 saturated carbocycles. The topological polar surface area (TPSA) is 33.0 Å². The number of ether oxygens (including phenoxy) is 1. The Hall–Kier alpha value is 0.00156. The summed E-state index contributed by atoms with van der Waals surface area (Å²) in [5.74, 6) is 0.883. The molecule has 0 saturated heterocycles. The maximum absolute atomic E-state index is 7.70. The van der Waals surface area contributed by atoms with Gasteiger partial charge in [-0.2, -0.15) is 0 Å². The first-order valence-electron chi connectivity index (χ1n) is 4.40. The minimum Gasteiger partial charge on any atom is -0.698 e. The molecule has 0 amide bonds. The Morgan fingerprint density at radius 1 is 1.36 bits per heavy atom. The normalized spacial score (nSPS) is 13.6. The average molecular weight is 401 g/mol. The van der Waals surface area contributed by atoms with Crippen molar-refractivity contribution < 1.29 is 48.8 Å². The van der Waals surface area contributed by atoms with Crippen molar-refractivity contribution in [2.24, 2.45) is 0 Å². The summed E-state index contributed by atoms with van der Waals surface area (Å²) in [6, 6.07) is 5.90. The van der Waals surface area contributed by atoms with Crippen LogP contribution < -0.4 is 4.74 Å². The quantitative estimate of drug-likeness (QED) is 0.712. The number of aryl methyl sites for hydroxylation is 1. The van der Waals surface area contributed by atoms with Gasteiger partial charge >= 0.3 is 0 Å². The van der Waals surface area contributed by atoms with Gasteiger partial charge in [-0.3, -0.25) is 0 Å². The van der Waals surface area contributed by atoms with Gasteiger partial charge < -0.3 is 10.5 Å². The molecule has 2 nitrogen and oxygen atoms in total. The van der Waals surface area contributed by atoms with Gasteiger partial charge in [0.05, 0.1) is 7.11 Å². The Morgan fingerprint density at radius 3 is 2.86 bits per heavy atom. The van der Waals surface area contributed by atoms with E-state index in [2.05, 4.69) is 0 Å². The van der Waals surface area contributed by atoms with Crippen molar-refractivity contribution in [1.29, 1.82) is 0 Å². The van der Waals surface area contributed by atoms with Crippen LogP contribution in [0.3, 0.4) is 0 Å². The number of fused-ring (bicyclic) bond motifs is 1. The van der Waals surface area contributed by atoms with E-state index in [0.29, 0.717) is 5.70 Å². The number of nitrogens with one attached hydrogen (secondary N) is 1. The first-order chi connectivity index (χ1) is 6.31. The van der Waals surface area contributed by atoms with Gasteiger partial charge in [-0.05, 0) is 36.1 Å². The van der Waals surface area contributed by atoms with E-state index in [4.69, 9.17) is 10.5 Å². The molecule has 1 aromatic rings. The zero-order valence-electron chi connectivity index (χ0n) is 8.21. The van der Waals surface area contributed by atoms with Gasteiger partial charge in [0.25, 0.3) is 0 Å². The molecule has 0 atom stereocenters. The summed E-state index contributed by atoms with van der Waals surface area (Å²) in [5, 5.41) is 0. The maximum Gasteiger partial charge on any atom is 0.119 e. The molecular formula is C11H12AcNO-. The van der Waals surface area contributed by atoms with Crippen LogP contribution >= 0.6 is 0 Å². The molecule has 3 heteroatoms. The number of methoxy groups -OCH3 is 1. The first kappa shape index (κ1) is 12.1. The van der Waals surface area contributed by atoms with Crippen LogP contribution in [0.1, 0.15) is 17.5 Å². The Balaban J connectivity index is 0.000000980. The predicted molar refractivity (Wildman–Crippen MR) is 53.6 cm³/mol. The number of benzene rings is 1. The Bertz CT molecular complexity index is 360. The Labute approximate surface area is 120 Å².